The van der Waals surface area contributed by atoms with Crippen LogP contribution in [-0.4, -0.2) is 88.8 Å². The lowest BCUT2D eigenvalue weighted by atomic mass is 10.3. The van der Waals surface area contributed by atoms with Gasteiger partial charge in [0.15, 0.2) is 0 Å². The van der Waals surface area contributed by atoms with Crippen molar-refractivity contribution in [2.45, 2.75) is 39.3 Å². The second kappa shape index (κ2) is 20.5. The van der Waals surface area contributed by atoms with E-state index >= 15 is 0 Å². The Morgan fingerprint density at radius 3 is 1.55 bits per heavy atom. The predicted molar refractivity (Wildman–Crippen MR) is 178 cm³/mol. The molecule has 7 nitrogen and oxygen atoms in total. The molecule has 0 saturated carbocycles. The highest BCUT2D eigenvalue weighted by atomic mass is 16.4. The van der Waals surface area contributed by atoms with Gasteiger partial charge in [0.25, 0.3) is 0 Å². The third-order valence-electron chi connectivity index (χ3n) is 5.00. The third-order valence-corrected chi connectivity index (χ3v) is 5.00. The van der Waals surface area contributed by atoms with Crippen LogP contribution >= 0.6 is 0 Å². The molecule has 1 aliphatic heterocycles. The summed E-state index contributed by atoms with van der Waals surface area (Å²) in [7, 11) is 0. The van der Waals surface area contributed by atoms with E-state index in [0.717, 1.165) is 26.1 Å². The third kappa shape index (κ3) is 15.3. The number of rotatable bonds is 11. The second-order valence-electron chi connectivity index (χ2n) is 7.72. The predicted octanol–water partition coefficient (Wildman–Crippen LogP) is 4.33. The van der Waals surface area contributed by atoms with Gasteiger partial charge in [0.1, 0.15) is 6.17 Å². The zero-order chi connectivity index (χ0) is 27.8. The Kier molecular flexibility index (Phi) is 16.9. The summed E-state index contributed by atoms with van der Waals surface area (Å²) in [5.74, 6) is 40.4. The molecule has 1 atom stereocenters. The van der Waals surface area contributed by atoms with Crippen LogP contribution in [0.4, 0.5) is 0 Å². The van der Waals surface area contributed by atoms with E-state index in [-0.39, 0.29) is 40.4 Å². The average Bonchev–Trinajstić information content (AvgIpc) is 3.27. The topological polar surface area (TPSA) is 84.3 Å². The SMILES string of the molecule is CC#CC#CC#CC#CC#CC#CC#CC#CC1N(CCC)CCN1CCN(CCC(=O)O)CCC(=O)O.[HH].[HH].[HH].[HH].[HH].[HH].[HH].[HH].[HH].[HH].[HH].[HH].[HH].[HH].[HH]. The van der Waals surface area contributed by atoms with Gasteiger partial charge in [-0.25, -0.2) is 0 Å². The van der Waals surface area contributed by atoms with E-state index in [1.807, 2.05) is 4.90 Å². The molecule has 0 amide bonds. The Bertz CT molecular complexity index is 1360. The summed E-state index contributed by atoms with van der Waals surface area (Å²) < 4.78 is 0. The van der Waals surface area contributed by atoms with E-state index in [0.29, 0.717) is 26.2 Å². The molecule has 2 N–H and O–H groups in total. The molecule has 1 unspecified atom stereocenters. The van der Waals surface area contributed by atoms with Crippen molar-refractivity contribution in [3.05, 3.63) is 0 Å². The summed E-state index contributed by atoms with van der Waals surface area (Å²) >= 11 is 0. The highest BCUT2D eigenvalue weighted by Gasteiger charge is 2.29. The maximum atomic E-state index is 11.0. The minimum Gasteiger partial charge on any atom is -0.481 e. The van der Waals surface area contributed by atoms with Crippen molar-refractivity contribution < 1.29 is 41.2 Å². The lowest BCUT2D eigenvalue weighted by molar-refractivity contribution is -0.137. The van der Waals surface area contributed by atoms with Crippen LogP contribution in [-0.2, 0) is 9.59 Å². The van der Waals surface area contributed by atoms with Crippen LogP contribution in [0.5, 0.6) is 0 Å². The van der Waals surface area contributed by atoms with Crippen molar-refractivity contribution in [3.8, 4) is 94.7 Å². The van der Waals surface area contributed by atoms with E-state index in [2.05, 4.69) is 111 Å². The fourth-order valence-corrected chi connectivity index (χ4v) is 3.32. The van der Waals surface area contributed by atoms with E-state index in [9.17, 15) is 9.59 Å². The molecular formula is C31H59N3O4. The standard InChI is InChI=1S/C31H29N3O4.15H2/c1-3-5-6-7-8-9-10-11-12-13-14-15-16-17-18-19-29-33(22-4-2)27-28-34(29)26-25-32(23-20-30(35)36)24-21-31(37)38;;;;;;;;;;;;;;;/h29H,4,20-28H2,1-2H3,(H,35,36)(H,37,38);15*1H. The molecule has 0 bridgehead atoms. The molecule has 38 heavy (non-hydrogen) atoms. The van der Waals surface area contributed by atoms with Crippen LogP contribution in [0.1, 0.15) is 54.5 Å². The zero-order valence-corrected chi connectivity index (χ0v) is 21.7. The summed E-state index contributed by atoms with van der Waals surface area (Å²) in [4.78, 5) is 28.3. The molecule has 1 heterocycles. The number of carbonyl (C=O) groups is 2. The number of hydrogen-bond acceptors (Lipinski definition) is 5. The van der Waals surface area contributed by atoms with Crippen molar-refractivity contribution in [1.82, 2.24) is 14.7 Å². The maximum absolute atomic E-state index is 11.0. The average molecular weight is 538 g/mol. The van der Waals surface area contributed by atoms with E-state index < -0.39 is 11.9 Å². The van der Waals surface area contributed by atoms with Crippen LogP contribution < -0.4 is 0 Å². The largest absolute Gasteiger partial charge is 0.481 e. The van der Waals surface area contributed by atoms with Crippen molar-refractivity contribution >= 4 is 11.9 Å². The first-order valence-corrected chi connectivity index (χ1v) is 12.0. The van der Waals surface area contributed by atoms with Gasteiger partial charge in [-0.3, -0.25) is 19.4 Å². The fraction of sp³-hybridized carbons (Fsp3) is 0.419. The van der Waals surface area contributed by atoms with Crippen molar-refractivity contribution in [2.75, 3.05) is 45.8 Å². The van der Waals surface area contributed by atoms with Gasteiger partial charge in [-0.05, 0) is 96.2 Å². The van der Waals surface area contributed by atoms with Gasteiger partial charge in [0.05, 0.1) is 12.8 Å². The van der Waals surface area contributed by atoms with Gasteiger partial charge >= 0.3 is 11.9 Å². The number of hydrogen-bond donors (Lipinski definition) is 2. The molecule has 1 aliphatic rings. The molecule has 0 aromatic carbocycles. The monoisotopic (exact) mass is 537 g/mol. The quantitative estimate of drug-likeness (QED) is 0.380. The number of carboxylic acids is 2. The van der Waals surface area contributed by atoms with Gasteiger partial charge in [0.2, 0.25) is 0 Å². The first kappa shape index (κ1) is 31.3. The molecular weight excluding hydrogens is 478 g/mol. The van der Waals surface area contributed by atoms with Crippen molar-refractivity contribution in [3.63, 3.8) is 0 Å². The first-order chi connectivity index (χ1) is 18.5. The van der Waals surface area contributed by atoms with Crippen LogP contribution in [0.2, 0.25) is 0 Å². The smallest absolute Gasteiger partial charge is 0.304 e. The first-order valence-electron chi connectivity index (χ1n) is 12.0. The Hall–Kier alpha value is -4.70. The highest BCUT2D eigenvalue weighted by molar-refractivity contribution is 5.67. The normalized spacial score (nSPS) is 13.2. The summed E-state index contributed by atoms with van der Waals surface area (Å²) in [5.41, 5.74) is 0. The van der Waals surface area contributed by atoms with E-state index in [1.54, 1.807) is 6.92 Å². The van der Waals surface area contributed by atoms with Gasteiger partial charge in [-0.1, -0.05) is 18.8 Å². The van der Waals surface area contributed by atoms with Crippen molar-refractivity contribution in [1.29, 1.82) is 0 Å². The Morgan fingerprint density at radius 1 is 0.711 bits per heavy atom. The summed E-state index contributed by atoms with van der Waals surface area (Å²) in [6.45, 7) is 8.20. The molecule has 1 fully saturated rings. The minimum absolute atomic E-state index is 0. The molecule has 1 rings (SSSR count). The fourth-order valence-electron chi connectivity index (χ4n) is 3.32. The Labute approximate surface area is 248 Å². The highest BCUT2D eigenvalue weighted by Crippen LogP contribution is 2.14. The lowest BCUT2D eigenvalue weighted by Crippen LogP contribution is -2.42. The lowest BCUT2D eigenvalue weighted by Gasteiger charge is -2.28. The summed E-state index contributed by atoms with van der Waals surface area (Å²) in [6, 6.07) is 0. The van der Waals surface area contributed by atoms with Gasteiger partial charge in [-0.2, -0.15) is 0 Å². The number of aliphatic carboxylic acids is 2. The van der Waals surface area contributed by atoms with E-state index in [1.165, 1.54) is 0 Å². The molecule has 222 valence electrons. The van der Waals surface area contributed by atoms with Crippen LogP contribution in [0, 0.1) is 94.7 Å². The van der Waals surface area contributed by atoms with Crippen LogP contribution in [0.15, 0.2) is 0 Å². The van der Waals surface area contributed by atoms with Crippen LogP contribution in [0.25, 0.3) is 0 Å². The number of nitrogens with zero attached hydrogens (tertiary/aromatic N) is 3. The number of carboxylic acid groups (broad SMARTS) is 2. The van der Waals surface area contributed by atoms with E-state index in [4.69, 9.17) is 10.2 Å². The van der Waals surface area contributed by atoms with Crippen LogP contribution in [0.3, 0.4) is 0 Å². The second-order valence-corrected chi connectivity index (χ2v) is 7.72. The van der Waals surface area contributed by atoms with Crippen molar-refractivity contribution in [2.24, 2.45) is 0 Å². The van der Waals surface area contributed by atoms with Gasteiger partial charge in [0, 0.05) is 67.2 Å². The Balaban J connectivity index is -0.0000000741. The molecule has 0 aromatic rings. The van der Waals surface area contributed by atoms with Gasteiger partial charge in [-0.15, -0.1) is 0 Å². The molecule has 0 spiro atoms. The summed E-state index contributed by atoms with van der Waals surface area (Å²) in [6.07, 6.45) is 0.807. The minimum atomic E-state index is -0.904. The van der Waals surface area contributed by atoms with Gasteiger partial charge < -0.3 is 15.1 Å². The maximum Gasteiger partial charge on any atom is 0.304 e. The Morgan fingerprint density at radius 2 is 1.13 bits per heavy atom. The molecule has 1 saturated heterocycles. The molecule has 7 heteroatoms. The molecule has 0 aliphatic carbocycles. The molecule has 0 radical (unpaired) electrons. The summed E-state index contributed by atoms with van der Waals surface area (Å²) in [5, 5.41) is 18.0. The molecule has 0 aromatic heterocycles. The zero-order valence-electron chi connectivity index (χ0n) is 21.7.